The zero-order valence-corrected chi connectivity index (χ0v) is 8.29. The first-order valence-corrected chi connectivity index (χ1v) is 4.44. The van der Waals surface area contributed by atoms with Crippen molar-refractivity contribution in [1.82, 2.24) is 5.32 Å². The molecule has 13 heavy (non-hydrogen) atoms. The summed E-state index contributed by atoms with van der Waals surface area (Å²) in [5.74, 6) is 0.00996. The molecule has 0 saturated heterocycles. The maximum Gasteiger partial charge on any atom is 0.217 e. The van der Waals surface area contributed by atoms with Gasteiger partial charge in [0.2, 0.25) is 5.91 Å². The first-order valence-electron chi connectivity index (χ1n) is 4.44. The standard InChI is InChI=1S/C11H15NO/c1-8-6-4-5-7-11(8)9(2)12-10(3)13/h4-7,9H,1-3H3,(H,12,13)/t9-/m1/s1. The Morgan fingerprint density at radius 1 is 1.38 bits per heavy atom. The molecule has 0 aliphatic carbocycles. The van der Waals surface area contributed by atoms with Crippen molar-refractivity contribution >= 4 is 5.91 Å². The number of hydrogen-bond acceptors (Lipinski definition) is 1. The van der Waals surface area contributed by atoms with Gasteiger partial charge in [0.05, 0.1) is 6.04 Å². The molecule has 1 aromatic carbocycles. The average molecular weight is 177 g/mol. The zero-order chi connectivity index (χ0) is 9.84. The van der Waals surface area contributed by atoms with Crippen molar-refractivity contribution in [3.05, 3.63) is 35.4 Å². The fourth-order valence-corrected chi connectivity index (χ4v) is 1.46. The molecular weight excluding hydrogens is 162 g/mol. The highest BCUT2D eigenvalue weighted by molar-refractivity contribution is 5.73. The van der Waals surface area contributed by atoms with Gasteiger partial charge in [-0.05, 0) is 25.0 Å². The summed E-state index contributed by atoms with van der Waals surface area (Å²) >= 11 is 0. The first-order chi connectivity index (χ1) is 6.11. The molecule has 0 saturated carbocycles. The third-order valence-electron chi connectivity index (χ3n) is 2.07. The van der Waals surface area contributed by atoms with Crippen molar-refractivity contribution in [1.29, 1.82) is 0 Å². The lowest BCUT2D eigenvalue weighted by Gasteiger charge is -2.14. The van der Waals surface area contributed by atoms with Gasteiger partial charge in [0.1, 0.15) is 0 Å². The van der Waals surface area contributed by atoms with Crippen molar-refractivity contribution in [2.75, 3.05) is 0 Å². The van der Waals surface area contributed by atoms with E-state index in [4.69, 9.17) is 0 Å². The summed E-state index contributed by atoms with van der Waals surface area (Å²) in [4.78, 5) is 10.8. The van der Waals surface area contributed by atoms with E-state index in [-0.39, 0.29) is 11.9 Å². The molecule has 1 rings (SSSR count). The lowest BCUT2D eigenvalue weighted by Crippen LogP contribution is -2.24. The monoisotopic (exact) mass is 177 g/mol. The normalized spacial score (nSPS) is 12.2. The number of hydrogen-bond donors (Lipinski definition) is 1. The number of benzene rings is 1. The van der Waals surface area contributed by atoms with Gasteiger partial charge in [-0.3, -0.25) is 4.79 Å². The average Bonchev–Trinajstić information content (AvgIpc) is 2.03. The van der Waals surface area contributed by atoms with Gasteiger partial charge in [-0.25, -0.2) is 0 Å². The molecule has 2 heteroatoms. The Morgan fingerprint density at radius 3 is 2.54 bits per heavy atom. The molecule has 0 fully saturated rings. The summed E-state index contributed by atoms with van der Waals surface area (Å²) in [6.07, 6.45) is 0. The van der Waals surface area contributed by atoms with Crippen LogP contribution in [0.25, 0.3) is 0 Å². The predicted octanol–water partition coefficient (Wildman–Crippen LogP) is 2.19. The largest absolute Gasteiger partial charge is 0.350 e. The highest BCUT2D eigenvalue weighted by Gasteiger charge is 2.07. The van der Waals surface area contributed by atoms with Gasteiger partial charge >= 0.3 is 0 Å². The van der Waals surface area contributed by atoms with Crippen LogP contribution in [0.5, 0.6) is 0 Å². The van der Waals surface area contributed by atoms with Crippen LogP contribution >= 0.6 is 0 Å². The van der Waals surface area contributed by atoms with Crippen LogP contribution in [0.4, 0.5) is 0 Å². The smallest absolute Gasteiger partial charge is 0.217 e. The molecule has 1 N–H and O–H groups in total. The van der Waals surface area contributed by atoms with Crippen LogP contribution in [0, 0.1) is 6.92 Å². The molecule has 0 aliphatic rings. The first kappa shape index (κ1) is 9.78. The minimum atomic E-state index is 0.00996. The van der Waals surface area contributed by atoms with Gasteiger partial charge in [0.15, 0.2) is 0 Å². The Morgan fingerprint density at radius 2 is 2.00 bits per heavy atom. The summed E-state index contributed by atoms with van der Waals surface area (Å²) in [5.41, 5.74) is 2.39. The third kappa shape index (κ3) is 2.58. The van der Waals surface area contributed by atoms with E-state index in [0.29, 0.717) is 0 Å². The fraction of sp³-hybridized carbons (Fsp3) is 0.364. The highest BCUT2D eigenvalue weighted by Crippen LogP contribution is 2.16. The van der Waals surface area contributed by atoms with Crippen LogP contribution in [-0.2, 0) is 4.79 Å². The molecule has 0 radical (unpaired) electrons. The second-order valence-electron chi connectivity index (χ2n) is 3.28. The number of rotatable bonds is 2. The molecule has 70 valence electrons. The minimum Gasteiger partial charge on any atom is -0.350 e. The van der Waals surface area contributed by atoms with Crippen LogP contribution in [0.2, 0.25) is 0 Å². The third-order valence-corrected chi connectivity index (χ3v) is 2.07. The predicted molar refractivity (Wildman–Crippen MR) is 53.4 cm³/mol. The lowest BCUT2D eigenvalue weighted by atomic mass is 10.0. The van der Waals surface area contributed by atoms with E-state index in [1.165, 1.54) is 18.1 Å². The molecule has 0 unspecified atom stereocenters. The number of aryl methyl sites for hydroxylation is 1. The maximum absolute atomic E-state index is 10.8. The Balaban J connectivity index is 2.82. The topological polar surface area (TPSA) is 29.1 Å². The molecule has 2 nitrogen and oxygen atoms in total. The van der Waals surface area contributed by atoms with Crippen LogP contribution in [-0.4, -0.2) is 5.91 Å². The zero-order valence-electron chi connectivity index (χ0n) is 8.29. The van der Waals surface area contributed by atoms with Gasteiger partial charge in [-0.15, -0.1) is 0 Å². The van der Waals surface area contributed by atoms with Gasteiger partial charge in [-0.2, -0.15) is 0 Å². The van der Waals surface area contributed by atoms with Crippen molar-refractivity contribution in [2.45, 2.75) is 26.8 Å². The lowest BCUT2D eigenvalue weighted by molar-refractivity contribution is -0.119. The van der Waals surface area contributed by atoms with E-state index in [0.717, 1.165) is 0 Å². The van der Waals surface area contributed by atoms with E-state index < -0.39 is 0 Å². The van der Waals surface area contributed by atoms with Crippen LogP contribution in [0.1, 0.15) is 31.0 Å². The minimum absolute atomic E-state index is 0.00996. The Hall–Kier alpha value is -1.31. The number of amides is 1. The van der Waals surface area contributed by atoms with Crippen molar-refractivity contribution in [3.63, 3.8) is 0 Å². The van der Waals surface area contributed by atoms with E-state index in [1.54, 1.807) is 0 Å². The molecule has 0 heterocycles. The molecule has 0 bridgehead atoms. The van der Waals surface area contributed by atoms with Crippen molar-refractivity contribution < 1.29 is 4.79 Å². The van der Waals surface area contributed by atoms with Crippen molar-refractivity contribution in [3.8, 4) is 0 Å². The molecular formula is C11H15NO. The van der Waals surface area contributed by atoms with Gasteiger partial charge < -0.3 is 5.32 Å². The summed E-state index contributed by atoms with van der Waals surface area (Å²) < 4.78 is 0. The quantitative estimate of drug-likeness (QED) is 0.737. The maximum atomic E-state index is 10.8. The molecule has 1 aromatic rings. The van der Waals surface area contributed by atoms with Crippen LogP contribution in [0.3, 0.4) is 0 Å². The second kappa shape index (κ2) is 4.08. The Kier molecular flexibility index (Phi) is 3.07. The van der Waals surface area contributed by atoms with E-state index in [9.17, 15) is 4.79 Å². The van der Waals surface area contributed by atoms with Crippen molar-refractivity contribution in [2.24, 2.45) is 0 Å². The number of carbonyl (C=O) groups is 1. The van der Waals surface area contributed by atoms with Gasteiger partial charge in [-0.1, -0.05) is 24.3 Å². The van der Waals surface area contributed by atoms with Gasteiger partial charge in [0, 0.05) is 6.92 Å². The Labute approximate surface area is 79.0 Å². The summed E-state index contributed by atoms with van der Waals surface area (Å²) in [5, 5.41) is 2.86. The Bertz CT molecular complexity index is 307. The summed E-state index contributed by atoms with van der Waals surface area (Å²) in [7, 11) is 0. The summed E-state index contributed by atoms with van der Waals surface area (Å²) in [6.45, 7) is 5.58. The molecule has 0 aliphatic heterocycles. The molecule has 0 aromatic heterocycles. The van der Waals surface area contributed by atoms with Gasteiger partial charge in [0.25, 0.3) is 0 Å². The molecule has 1 atom stereocenters. The molecule has 1 amide bonds. The van der Waals surface area contributed by atoms with E-state index >= 15 is 0 Å². The van der Waals surface area contributed by atoms with E-state index in [1.807, 2.05) is 38.1 Å². The van der Waals surface area contributed by atoms with E-state index in [2.05, 4.69) is 5.32 Å². The molecule has 0 spiro atoms. The highest BCUT2D eigenvalue weighted by atomic mass is 16.1. The van der Waals surface area contributed by atoms with Crippen LogP contribution in [0.15, 0.2) is 24.3 Å². The summed E-state index contributed by atoms with van der Waals surface area (Å²) in [6, 6.07) is 8.17. The number of carbonyl (C=O) groups excluding carboxylic acids is 1. The fourth-order valence-electron chi connectivity index (χ4n) is 1.46. The van der Waals surface area contributed by atoms with Crippen LogP contribution < -0.4 is 5.32 Å². The second-order valence-corrected chi connectivity index (χ2v) is 3.28. The number of nitrogens with one attached hydrogen (secondary N) is 1. The SMILES string of the molecule is CC(=O)N[C@H](C)c1ccccc1C.